The van der Waals surface area contributed by atoms with Crippen LogP contribution in [0.25, 0.3) is 11.0 Å². The molecular weight excluding hydrogens is 290 g/mol. The van der Waals surface area contributed by atoms with Gasteiger partial charge in [0.1, 0.15) is 6.54 Å². The van der Waals surface area contributed by atoms with E-state index < -0.39 is 0 Å². The summed E-state index contributed by atoms with van der Waals surface area (Å²) in [5, 5.41) is 2.96. The monoisotopic (exact) mass is 307 g/mol. The van der Waals surface area contributed by atoms with E-state index in [4.69, 9.17) is 21.7 Å². The number of methoxy groups -OCH3 is 2. The highest BCUT2D eigenvalue weighted by atomic mass is 32.1. The van der Waals surface area contributed by atoms with Gasteiger partial charge >= 0.3 is 0 Å². The van der Waals surface area contributed by atoms with Crippen LogP contribution in [0.3, 0.4) is 0 Å². The Bertz CT molecular complexity index is 746. The number of imidazole rings is 1. The van der Waals surface area contributed by atoms with Gasteiger partial charge in [-0.15, -0.1) is 0 Å². The number of fused-ring (bicyclic) bond motifs is 1. The van der Waals surface area contributed by atoms with E-state index >= 15 is 0 Å². The molecule has 112 valence electrons. The first-order chi connectivity index (χ1) is 10.1. The molecule has 1 saturated carbocycles. The molecule has 7 heteroatoms. The lowest BCUT2D eigenvalue weighted by Gasteiger charge is -2.09. The maximum atomic E-state index is 12.0. The Hall–Kier alpha value is -2.02. The van der Waals surface area contributed by atoms with Crippen LogP contribution in [-0.2, 0) is 11.3 Å². The van der Waals surface area contributed by atoms with Crippen molar-refractivity contribution in [1.82, 2.24) is 14.9 Å². The van der Waals surface area contributed by atoms with E-state index in [1.807, 2.05) is 12.1 Å². The minimum Gasteiger partial charge on any atom is -0.493 e. The van der Waals surface area contributed by atoms with Gasteiger partial charge in [0.25, 0.3) is 0 Å². The molecule has 0 radical (unpaired) electrons. The lowest BCUT2D eigenvalue weighted by molar-refractivity contribution is -0.121. The van der Waals surface area contributed by atoms with Crippen molar-refractivity contribution >= 4 is 29.2 Å². The quantitative estimate of drug-likeness (QED) is 0.829. The van der Waals surface area contributed by atoms with E-state index in [0.717, 1.165) is 23.9 Å². The lowest BCUT2D eigenvalue weighted by Crippen LogP contribution is -2.29. The highest BCUT2D eigenvalue weighted by Gasteiger charge is 2.23. The van der Waals surface area contributed by atoms with Gasteiger partial charge in [-0.1, -0.05) is 0 Å². The number of carbonyl (C=O) groups is 1. The SMILES string of the molecule is COc1cc2[nH]c(=S)n(CC(=O)NC3CC3)c2cc1OC. The number of ether oxygens (including phenoxy) is 2. The predicted molar refractivity (Wildman–Crippen MR) is 81.4 cm³/mol. The first-order valence-corrected chi connectivity index (χ1v) is 7.17. The summed E-state index contributed by atoms with van der Waals surface area (Å²) in [7, 11) is 3.16. The highest BCUT2D eigenvalue weighted by Crippen LogP contribution is 2.31. The Morgan fingerprint density at radius 3 is 2.67 bits per heavy atom. The Labute approximate surface area is 127 Å². The molecule has 1 aromatic carbocycles. The standard InChI is InChI=1S/C14H17N3O3S/c1-19-11-5-9-10(6-12(11)20-2)17(14(21)16-9)7-13(18)15-8-3-4-8/h5-6,8H,3-4,7H2,1-2H3,(H,15,18)(H,16,21). The van der Waals surface area contributed by atoms with Gasteiger partial charge < -0.3 is 24.3 Å². The molecule has 0 aliphatic heterocycles. The Morgan fingerprint density at radius 1 is 1.38 bits per heavy atom. The van der Waals surface area contributed by atoms with E-state index in [1.54, 1.807) is 18.8 Å². The second-order valence-corrected chi connectivity index (χ2v) is 5.47. The van der Waals surface area contributed by atoms with Gasteiger partial charge in [-0.3, -0.25) is 4.79 Å². The summed E-state index contributed by atoms with van der Waals surface area (Å²) in [6, 6.07) is 3.98. The predicted octanol–water partition coefficient (Wildman–Crippen LogP) is 1.99. The van der Waals surface area contributed by atoms with Crippen LogP contribution in [-0.4, -0.2) is 35.7 Å². The normalized spacial score (nSPS) is 14.2. The zero-order chi connectivity index (χ0) is 15.0. The molecule has 21 heavy (non-hydrogen) atoms. The van der Waals surface area contributed by atoms with Crippen molar-refractivity contribution in [1.29, 1.82) is 0 Å². The average molecular weight is 307 g/mol. The summed E-state index contributed by atoms with van der Waals surface area (Å²) in [6.07, 6.45) is 2.13. The van der Waals surface area contributed by atoms with E-state index in [-0.39, 0.29) is 12.5 Å². The van der Waals surface area contributed by atoms with Crippen molar-refractivity contribution in [2.45, 2.75) is 25.4 Å². The number of amides is 1. The maximum Gasteiger partial charge on any atom is 0.240 e. The summed E-state index contributed by atoms with van der Waals surface area (Å²) in [5.41, 5.74) is 1.64. The number of hydrogen-bond acceptors (Lipinski definition) is 4. The molecule has 1 fully saturated rings. The van der Waals surface area contributed by atoms with Gasteiger partial charge in [-0.2, -0.15) is 0 Å². The fourth-order valence-electron chi connectivity index (χ4n) is 2.29. The van der Waals surface area contributed by atoms with Gasteiger partial charge in [0.2, 0.25) is 5.91 Å². The maximum absolute atomic E-state index is 12.0. The van der Waals surface area contributed by atoms with E-state index in [2.05, 4.69) is 10.3 Å². The molecule has 0 atom stereocenters. The topological polar surface area (TPSA) is 68.3 Å². The van der Waals surface area contributed by atoms with Crippen LogP contribution < -0.4 is 14.8 Å². The lowest BCUT2D eigenvalue weighted by atomic mass is 10.2. The van der Waals surface area contributed by atoms with Crippen molar-refractivity contribution in [3.05, 3.63) is 16.9 Å². The summed E-state index contributed by atoms with van der Waals surface area (Å²) < 4.78 is 12.8. The summed E-state index contributed by atoms with van der Waals surface area (Å²) in [4.78, 5) is 15.1. The van der Waals surface area contributed by atoms with Crippen LogP contribution in [0.15, 0.2) is 12.1 Å². The molecule has 1 aliphatic carbocycles. The molecule has 3 rings (SSSR count). The number of H-pyrrole nitrogens is 1. The summed E-state index contributed by atoms with van der Waals surface area (Å²) in [6.45, 7) is 0.199. The number of aromatic amines is 1. The minimum atomic E-state index is -0.0238. The fraction of sp³-hybridized carbons (Fsp3) is 0.429. The Morgan fingerprint density at radius 2 is 2.05 bits per heavy atom. The number of aromatic nitrogens is 2. The van der Waals surface area contributed by atoms with Gasteiger partial charge in [0, 0.05) is 18.2 Å². The van der Waals surface area contributed by atoms with Gasteiger partial charge in [-0.05, 0) is 25.1 Å². The number of nitrogens with one attached hydrogen (secondary N) is 2. The molecule has 6 nitrogen and oxygen atoms in total. The molecule has 2 aromatic rings. The molecule has 1 amide bonds. The van der Waals surface area contributed by atoms with Crippen LogP contribution >= 0.6 is 12.2 Å². The number of benzene rings is 1. The second-order valence-electron chi connectivity index (χ2n) is 5.08. The average Bonchev–Trinajstić information content (AvgIpc) is 3.22. The number of carbonyl (C=O) groups excluding carboxylic acids is 1. The third-order valence-electron chi connectivity index (χ3n) is 3.52. The van der Waals surface area contributed by atoms with Crippen LogP contribution in [0, 0.1) is 4.77 Å². The largest absolute Gasteiger partial charge is 0.493 e. The van der Waals surface area contributed by atoms with E-state index in [9.17, 15) is 4.79 Å². The number of rotatable bonds is 5. The zero-order valence-corrected chi connectivity index (χ0v) is 12.8. The van der Waals surface area contributed by atoms with Crippen LogP contribution in [0.5, 0.6) is 11.5 Å². The molecular formula is C14H17N3O3S. The summed E-state index contributed by atoms with van der Waals surface area (Å²) in [5.74, 6) is 1.20. The number of hydrogen-bond donors (Lipinski definition) is 2. The van der Waals surface area contributed by atoms with Crippen molar-refractivity contribution in [2.75, 3.05) is 14.2 Å². The van der Waals surface area contributed by atoms with Crippen molar-refractivity contribution in [3.63, 3.8) is 0 Å². The van der Waals surface area contributed by atoms with Crippen LogP contribution in [0.2, 0.25) is 0 Å². The third-order valence-corrected chi connectivity index (χ3v) is 3.85. The minimum absolute atomic E-state index is 0.0238. The third kappa shape index (κ3) is 2.73. The van der Waals surface area contributed by atoms with Gasteiger partial charge in [-0.25, -0.2) is 0 Å². The second kappa shape index (κ2) is 5.40. The van der Waals surface area contributed by atoms with E-state index in [0.29, 0.717) is 22.3 Å². The van der Waals surface area contributed by atoms with Crippen molar-refractivity contribution < 1.29 is 14.3 Å². The first kappa shape index (κ1) is 13.9. The molecule has 1 heterocycles. The summed E-state index contributed by atoms with van der Waals surface area (Å²) >= 11 is 5.31. The molecule has 2 N–H and O–H groups in total. The first-order valence-electron chi connectivity index (χ1n) is 6.76. The molecule has 0 spiro atoms. The molecule has 1 aromatic heterocycles. The molecule has 0 saturated heterocycles. The van der Waals surface area contributed by atoms with Gasteiger partial charge in [0.15, 0.2) is 16.3 Å². The molecule has 1 aliphatic rings. The Kier molecular flexibility index (Phi) is 3.59. The Balaban J connectivity index is 1.98. The highest BCUT2D eigenvalue weighted by molar-refractivity contribution is 7.71. The van der Waals surface area contributed by atoms with Crippen molar-refractivity contribution in [3.8, 4) is 11.5 Å². The molecule has 0 unspecified atom stereocenters. The smallest absolute Gasteiger partial charge is 0.240 e. The van der Waals surface area contributed by atoms with Gasteiger partial charge in [0.05, 0.1) is 25.3 Å². The number of nitrogens with zero attached hydrogens (tertiary/aromatic N) is 1. The van der Waals surface area contributed by atoms with Crippen LogP contribution in [0.1, 0.15) is 12.8 Å². The fourth-order valence-corrected chi connectivity index (χ4v) is 2.56. The molecule has 0 bridgehead atoms. The zero-order valence-electron chi connectivity index (χ0n) is 11.9. The van der Waals surface area contributed by atoms with E-state index in [1.165, 1.54) is 0 Å². The van der Waals surface area contributed by atoms with Crippen LogP contribution in [0.4, 0.5) is 0 Å². The van der Waals surface area contributed by atoms with Crippen molar-refractivity contribution in [2.24, 2.45) is 0 Å².